The van der Waals surface area contributed by atoms with Crippen molar-refractivity contribution in [2.75, 3.05) is 46.2 Å². The molecule has 27 heavy (non-hydrogen) atoms. The highest BCUT2D eigenvalue weighted by molar-refractivity contribution is 6.74. The molecular formula is C20H43NO5Si. The highest BCUT2D eigenvalue weighted by Gasteiger charge is 2.36. The van der Waals surface area contributed by atoms with Crippen molar-refractivity contribution in [1.29, 1.82) is 0 Å². The van der Waals surface area contributed by atoms with Crippen LogP contribution >= 0.6 is 0 Å². The second kappa shape index (κ2) is 15.3. The van der Waals surface area contributed by atoms with Crippen LogP contribution in [-0.4, -0.2) is 60.6 Å². The van der Waals surface area contributed by atoms with Crippen LogP contribution in [-0.2, 0) is 18.6 Å². The van der Waals surface area contributed by atoms with Gasteiger partial charge in [0, 0.05) is 26.4 Å². The Hall–Kier alpha value is -0.633. The normalized spacial score (nSPS) is 12.2. The predicted octanol–water partition coefficient (Wildman–Crippen LogP) is 4.74. The van der Waals surface area contributed by atoms with Crippen LogP contribution in [0.4, 0.5) is 4.79 Å². The molecule has 0 rings (SSSR count). The lowest BCUT2D eigenvalue weighted by molar-refractivity contribution is 0.0418. The molecule has 6 nitrogen and oxygen atoms in total. The van der Waals surface area contributed by atoms with E-state index >= 15 is 0 Å². The summed E-state index contributed by atoms with van der Waals surface area (Å²) < 4.78 is 22.2. The zero-order valence-corrected chi connectivity index (χ0v) is 19.5. The molecule has 0 bridgehead atoms. The van der Waals surface area contributed by atoms with Crippen LogP contribution in [0.3, 0.4) is 0 Å². The summed E-state index contributed by atoms with van der Waals surface area (Å²) in [6, 6.07) is 0. The van der Waals surface area contributed by atoms with E-state index in [9.17, 15) is 4.79 Å². The van der Waals surface area contributed by atoms with E-state index in [1.807, 2.05) is 0 Å². The molecule has 0 aliphatic heterocycles. The molecule has 0 aromatic heterocycles. The Labute approximate surface area is 167 Å². The Morgan fingerprint density at radius 2 is 1.48 bits per heavy atom. The lowest BCUT2D eigenvalue weighted by Gasteiger charge is -2.36. The van der Waals surface area contributed by atoms with Gasteiger partial charge in [-0.3, -0.25) is 0 Å². The van der Waals surface area contributed by atoms with Crippen LogP contribution in [0, 0.1) is 0 Å². The first kappa shape index (κ1) is 26.4. The van der Waals surface area contributed by atoms with Gasteiger partial charge < -0.3 is 24.0 Å². The Morgan fingerprint density at radius 3 is 2.07 bits per heavy atom. The van der Waals surface area contributed by atoms with Gasteiger partial charge in [-0.05, 0) is 43.8 Å². The Kier molecular flexibility index (Phi) is 14.9. The first-order valence-corrected chi connectivity index (χ1v) is 13.3. The molecule has 1 N–H and O–H groups in total. The van der Waals surface area contributed by atoms with Crippen molar-refractivity contribution in [1.82, 2.24) is 5.32 Å². The third-order valence-electron chi connectivity index (χ3n) is 4.79. The minimum atomic E-state index is -1.63. The summed E-state index contributed by atoms with van der Waals surface area (Å²) in [7, 11) is -1.63. The minimum absolute atomic E-state index is 0.257. The van der Waals surface area contributed by atoms with E-state index in [2.05, 4.69) is 46.1 Å². The monoisotopic (exact) mass is 405 g/mol. The van der Waals surface area contributed by atoms with Crippen molar-refractivity contribution >= 4 is 14.4 Å². The first-order chi connectivity index (χ1) is 12.7. The summed E-state index contributed by atoms with van der Waals surface area (Å²) in [6.07, 6.45) is 4.33. The van der Waals surface area contributed by atoms with E-state index in [1.165, 1.54) is 0 Å². The summed E-state index contributed by atoms with van der Waals surface area (Å²) in [6.45, 7) is 17.9. The second-order valence-corrected chi connectivity index (χ2v) is 13.1. The topological polar surface area (TPSA) is 66.0 Å². The zero-order chi connectivity index (χ0) is 20.6. The largest absolute Gasteiger partial charge is 0.450 e. The van der Waals surface area contributed by atoms with Crippen molar-refractivity contribution in [3.63, 3.8) is 0 Å². The Morgan fingerprint density at radius 1 is 0.852 bits per heavy atom. The van der Waals surface area contributed by atoms with Gasteiger partial charge >= 0.3 is 6.09 Å². The fourth-order valence-corrected chi connectivity index (χ4v) is 2.99. The number of amides is 1. The van der Waals surface area contributed by atoms with Crippen LogP contribution in [0.1, 0.15) is 59.8 Å². The number of unbranched alkanes of at least 4 members (excludes halogenated alkanes) is 2. The fraction of sp³-hybridized carbons (Fsp3) is 0.950. The average molecular weight is 406 g/mol. The number of alkyl carbamates (subject to hydrolysis) is 1. The Bertz CT molecular complexity index is 372. The van der Waals surface area contributed by atoms with Gasteiger partial charge in [-0.25, -0.2) is 4.79 Å². The van der Waals surface area contributed by atoms with Crippen molar-refractivity contribution < 1.29 is 23.4 Å². The van der Waals surface area contributed by atoms with Gasteiger partial charge in [0.25, 0.3) is 0 Å². The molecule has 0 aromatic carbocycles. The van der Waals surface area contributed by atoms with Crippen molar-refractivity contribution in [3.8, 4) is 0 Å². The molecule has 0 aliphatic carbocycles. The zero-order valence-electron chi connectivity index (χ0n) is 18.5. The molecule has 0 atom stereocenters. The van der Waals surface area contributed by atoms with E-state index < -0.39 is 8.32 Å². The number of ether oxygens (including phenoxy) is 3. The molecule has 0 aliphatic rings. The fourth-order valence-electron chi connectivity index (χ4n) is 1.91. The van der Waals surface area contributed by atoms with Gasteiger partial charge in [0.2, 0.25) is 0 Å². The van der Waals surface area contributed by atoms with E-state index in [1.54, 1.807) is 0 Å². The van der Waals surface area contributed by atoms with Gasteiger partial charge in [0.1, 0.15) is 0 Å². The van der Waals surface area contributed by atoms with Gasteiger partial charge in [-0.2, -0.15) is 0 Å². The van der Waals surface area contributed by atoms with Crippen LogP contribution in [0.5, 0.6) is 0 Å². The lowest BCUT2D eigenvalue weighted by Crippen LogP contribution is -2.41. The summed E-state index contributed by atoms with van der Waals surface area (Å²) in [5.41, 5.74) is 0. The highest BCUT2D eigenvalue weighted by Crippen LogP contribution is 2.36. The maximum absolute atomic E-state index is 11.3. The first-order valence-electron chi connectivity index (χ1n) is 10.4. The molecule has 0 fully saturated rings. The molecule has 162 valence electrons. The van der Waals surface area contributed by atoms with Crippen LogP contribution in [0.25, 0.3) is 0 Å². The lowest BCUT2D eigenvalue weighted by atomic mass is 10.2. The molecular weight excluding hydrogens is 362 g/mol. The van der Waals surface area contributed by atoms with Crippen molar-refractivity contribution in [2.24, 2.45) is 0 Å². The molecule has 0 saturated carbocycles. The number of hydrogen-bond acceptors (Lipinski definition) is 5. The highest BCUT2D eigenvalue weighted by atomic mass is 28.4. The van der Waals surface area contributed by atoms with Crippen molar-refractivity contribution in [2.45, 2.75) is 77.9 Å². The number of rotatable bonds is 16. The van der Waals surface area contributed by atoms with Gasteiger partial charge in [-0.1, -0.05) is 34.1 Å². The van der Waals surface area contributed by atoms with E-state index in [0.717, 1.165) is 38.7 Å². The van der Waals surface area contributed by atoms with Gasteiger partial charge in [0.15, 0.2) is 8.32 Å². The standard InChI is InChI=1S/C20H43NO5Si/c1-7-8-15-25-19(22)21-12-9-10-13-23-17-18-24-14-11-16-26-27(5,6)20(2,3)4/h7-18H2,1-6H3,(H,21,22). The van der Waals surface area contributed by atoms with E-state index in [-0.39, 0.29) is 11.1 Å². The average Bonchev–Trinajstić information content (AvgIpc) is 2.58. The molecule has 7 heteroatoms. The summed E-state index contributed by atoms with van der Waals surface area (Å²) >= 11 is 0. The summed E-state index contributed by atoms with van der Waals surface area (Å²) in [4.78, 5) is 11.3. The summed E-state index contributed by atoms with van der Waals surface area (Å²) in [5.74, 6) is 0. The van der Waals surface area contributed by atoms with E-state index in [4.69, 9.17) is 18.6 Å². The van der Waals surface area contributed by atoms with Crippen LogP contribution < -0.4 is 5.32 Å². The number of nitrogens with one attached hydrogen (secondary N) is 1. The smallest absolute Gasteiger partial charge is 0.407 e. The molecule has 0 aromatic rings. The molecule has 0 heterocycles. The molecule has 1 amide bonds. The minimum Gasteiger partial charge on any atom is -0.450 e. The SMILES string of the molecule is CCCCOC(=O)NCCCCOCCOCCCO[Si](C)(C)C(C)(C)C. The van der Waals surface area contributed by atoms with Crippen LogP contribution in [0.2, 0.25) is 18.1 Å². The number of carbonyl (C=O) groups excluding carboxylic acids is 1. The molecule has 0 unspecified atom stereocenters. The Balaban J connectivity index is 3.31. The summed E-state index contributed by atoms with van der Waals surface area (Å²) in [5, 5.41) is 3.00. The quantitative estimate of drug-likeness (QED) is 0.297. The van der Waals surface area contributed by atoms with Crippen LogP contribution in [0.15, 0.2) is 0 Å². The third kappa shape index (κ3) is 15.0. The van der Waals surface area contributed by atoms with Crippen molar-refractivity contribution in [3.05, 3.63) is 0 Å². The second-order valence-electron chi connectivity index (χ2n) is 8.31. The molecule has 0 spiro atoms. The maximum atomic E-state index is 11.3. The maximum Gasteiger partial charge on any atom is 0.407 e. The van der Waals surface area contributed by atoms with E-state index in [0.29, 0.717) is 39.6 Å². The molecule has 0 radical (unpaired) electrons. The number of hydrogen-bond donors (Lipinski definition) is 1. The van der Waals surface area contributed by atoms with Gasteiger partial charge in [-0.15, -0.1) is 0 Å². The predicted molar refractivity (Wildman–Crippen MR) is 113 cm³/mol. The third-order valence-corrected chi connectivity index (χ3v) is 9.33. The number of carbonyl (C=O) groups is 1. The molecule has 0 saturated heterocycles. The van der Waals surface area contributed by atoms with Gasteiger partial charge in [0.05, 0.1) is 19.8 Å².